The molecule has 1 aromatic rings. The third-order valence-electron chi connectivity index (χ3n) is 6.00. The third kappa shape index (κ3) is 4.32. The summed E-state index contributed by atoms with van der Waals surface area (Å²) in [6, 6.07) is 7.47. The first-order chi connectivity index (χ1) is 14.3. The Labute approximate surface area is 182 Å². The summed E-state index contributed by atoms with van der Waals surface area (Å²) >= 11 is 5.94. The van der Waals surface area contributed by atoms with E-state index in [0.717, 1.165) is 42.9 Å². The molecule has 0 saturated carbocycles. The summed E-state index contributed by atoms with van der Waals surface area (Å²) in [7, 11) is 0. The molecule has 1 atom stereocenters. The van der Waals surface area contributed by atoms with Crippen LogP contribution >= 0.6 is 11.6 Å². The van der Waals surface area contributed by atoms with Crippen LogP contribution in [0.2, 0.25) is 5.02 Å². The van der Waals surface area contributed by atoms with E-state index in [2.05, 4.69) is 15.6 Å². The van der Waals surface area contributed by atoms with Gasteiger partial charge in [0, 0.05) is 41.8 Å². The number of rotatable bonds is 4. The molecule has 1 aromatic carbocycles. The van der Waals surface area contributed by atoms with E-state index in [1.54, 1.807) is 17.0 Å². The Balaban J connectivity index is 1.40. The molecule has 3 aliphatic heterocycles. The van der Waals surface area contributed by atoms with E-state index in [4.69, 9.17) is 22.2 Å². The number of halogens is 1. The van der Waals surface area contributed by atoms with Crippen molar-refractivity contribution in [2.45, 2.75) is 51.1 Å². The largest absolute Gasteiger partial charge is 0.381 e. The number of urea groups is 1. The molecule has 162 valence electrons. The van der Waals surface area contributed by atoms with E-state index < -0.39 is 5.54 Å². The minimum Gasteiger partial charge on any atom is -0.381 e. The fraction of sp³-hybridized carbons (Fsp3) is 0.524. The van der Waals surface area contributed by atoms with Gasteiger partial charge in [-0.2, -0.15) is 0 Å². The van der Waals surface area contributed by atoms with Crippen molar-refractivity contribution in [2.75, 3.05) is 19.8 Å². The summed E-state index contributed by atoms with van der Waals surface area (Å²) in [5.74, 6) is 6.14. The van der Waals surface area contributed by atoms with E-state index in [1.807, 2.05) is 32.2 Å². The first-order valence-electron chi connectivity index (χ1n) is 10.3. The van der Waals surface area contributed by atoms with Gasteiger partial charge in [-0.15, -0.1) is 0 Å². The van der Waals surface area contributed by atoms with Gasteiger partial charge in [-0.05, 0) is 44.4 Å². The highest BCUT2D eigenvalue weighted by Gasteiger charge is 2.44. The third-order valence-corrected chi connectivity index (χ3v) is 6.25. The van der Waals surface area contributed by atoms with Gasteiger partial charge in [0.15, 0.2) is 6.29 Å². The van der Waals surface area contributed by atoms with Crippen molar-refractivity contribution in [3.05, 3.63) is 46.1 Å². The Bertz CT molecular complexity index is 848. The predicted octanol–water partition coefficient (Wildman–Crippen LogP) is 2.21. The fourth-order valence-electron chi connectivity index (χ4n) is 4.15. The molecule has 0 bridgehead atoms. The van der Waals surface area contributed by atoms with Crippen LogP contribution in [0.15, 0.2) is 40.5 Å². The van der Waals surface area contributed by atoms with Crippen LogP contribution in [0.25, 0.3) is 0 Å². The molecule has 8 nitrogen and oxygen atoms in total. The van der Waals surface area contributed by atoms with Crippen LogP contribution in [-0.2, 0) is 11.3 Å². The monoisotopic (exact) mass is 432 g/mol. The number of ether oxygens (including phenoxy) is 1. The van der Waals surface area contributed by atoms with Gasteiger partial charge in [0.2, 0.25) is 0 Å². The number of amides is 2. The number of nitrogens with one attached hydrogen (secondary N) is 2. The molecule has 1 unspecified atom stereocenters. The lowest BCUT2D eigenvalue weighted by Crippen LogP contribution is -2.53. The lowest BCUT2D eigenvalue weighted by atomic mass is 9.95. The van der Waals surface area contributed by atoms with Crippen molar-refractivity contribution in [3.8, 4) is 0 Å². The molecule has 4 rings (SSSR count). The number of aliphatic imine (C=N–C) groups is 1. The van der Waals surface area contributed by atoms with Crippen molar-refractivity contribution < 1.29 is 9.53 Å². The van der Waals surface area contributed by atoms with E-state index in [1.165, 1.54) is 5.01 Å². The molecular formula is C21H29ClN6O2. The normalized spacial score (nSPS) is 23.3. The van der Waals surface area contributed by atoms with Gasteiger partial charge in [-0.25, -0.2) is 10.6 Å². The predicted molar refractivity (Wildman–Crippen MR) is 117 cm³/mol. The highest BCUT2D eigenvalue weighted by atomic mass is 35.5. The number of carbonyl (C=O) groups is 1. The molecule has 3 heterocycles. The number of nitrogens with two attached hydrogens (primary N) is 1. The van der Waals surface area contributed by atoms with Crippen LogP contribution < -0.4 is 16.5 Å². The van der Waals surface area contributed by atoms with E-state index in [0.29, 0.717) is 24.2 Å². The zero-order chi connectivity index (χ0) is 21.3. The number of hydrogen-bond acceptors (Lipinski definition) is 6. The molecule has 4 N–H and O–H groups in total. The maximum atomic E-state index is 13.1. The Hall–Kier alpha value is -2.13. The molecule has 0 aromatic heterocycles. The Kier molecular flexibility index (Phi) is 6.02. The molecule has 0 radical (unpaired) electrons. The van der Waals surface area contributed by atoms with Crippen molar-refractivity contribution in [3.63, 3.8) is 0 Å². The maximum absolute atomic E-state index is 13.1. The molecular weight excluding hydrogens is 404 g/mol. The van der Waals surface area contributed by atoms with Crippen LogP contribution in [0.1, 0.15) is 32.3 Å². The van der Waals surface area contributed by atoms with Crippen LogP contribution in [-0.4, -0.2) is 59.8 Å². The van der Waals surface area contributed by atoms with Crippen molar-refractivity contribution in [2.24, 2.45) is 10.8 Å². The van der Waals surface area contributed by atoms with Gasteiger partial charge in [-0.1, -0.05) is 23.7 Å². The summed E-state index contributed by atoms with van der Waals surface area (Å²) in [5.41, 5.74) is 2.43. The Morgan fingerprint density at radius 2 is 2.07 bits per heavy atom. The van der Waals surface area contributed by atoms with E-state index in [-0.39, 0.29) is 12.3 Å². The number of hydrogen-bond donors (Lipinski definition) is 3. The number of benzene rings is 1. The molecule has 3 aliphatic rings. The van der Waals surface area contributed by atoms with Gasteiger partial charge in [-0.3, -0.25) is 15.3 Å². The summed E-state index contributed by atoms with van der Waals surface area (Å²) in [5, 5.41) is 8.89. The average molecular weight is 433 g/mol. The van der Waals surface area contributed by atoms with Gasteiger partial charge < -0.3 is 15.0 Å². The number of nitrogens with zero attached hydrogens (tertiary/aromatic N) is 3. The fourth-order valence-corrected chi connectivity index (χ4v) is 4.28. The molecule has 30 heavy (non-hydrogen) atoms. The minimum atomic E-state index is -0.510. The zero-order valence-corrected chi connectivity index (χ0v) is 18.2. The van der Waals surface area contributed by atoms with Gasteiger partial charge in [0.25, 0.3) is 0 Å². The standard InChI is InChI=1S/C21H29ClN6O2/c1-21(2)17-11-24-19(25-16-7-9-30-10-8-16)26-18(17)13-27(21)20(29)28(23)12-14-3-5-15(22)6-4-14/h3-6,11,16,19,25-26H,7-10,12-13,23H2,1-2H3. The topological polar surface area (TPSA) is 95.2 Å². The molecule has 1 saturated heterocycles. The average Bonchev–Trinajstić information content (AvgIpc) is 3.00. The molecule has 1 fully saturated rings. The van der Waals surface area contributed by atoms with Crippen molar-refractivity contribution in [1.82, 2.24) is 20.5 Å². The minimum absolute atomic E-state index is 0.194. The van der Waals surface area contributed by atoms with Gasteiger partial charge >= 0.3 is 6.03 Å². The highest BCUT2D eigenvalue weighted by Crippen LogP contribution is 2.34. The first-order valence-corrected chi connectivity index (χ1v) is 10.7. The molecule has 0 aliphatic carbocycles. The molecule has 0 spiro atoms. The van der Waals surface area contributed by atoms with Crippen LogP contribution in [0, 0.1) is 0 Å². The van der Waals surface area contributed by atoms with Crippen LogP contribution in [0.5, 0.6) is 0 Å². The van der Waals surface area contributed by atoms with E-state index in [9.17, 15) is 4.79 Å². The summed E-state index contributed by atoms with van der Waals surface area (Å²) in [4.78, 5) is 19.6. The zero-order valence-electron chi connectivity index (χ0n) is 17.4. The number of carbonyl (C=O) groups excluding carboxylic acids is 1. The second-order valence-corrected chi connectivity index (χ2v) is 8.89. The van der Waals surface area contributed by atoms with Gasteiger partial charge in [0.1, 0.15) is 0 Å². The molecule has 9 heteroatoms. The van der Waals surface area contributed by atoms with E-state index >= 15 is 0 Å². The highest BCUT2D eigenvalue weighted by molar-refractivity contribution is 6.30. The number of hydrazine groups is 1. The van der Waals surface area contributed by atoms with Crippen molar-refractivity contribution in [1.29, 1.82) is 0 Å². The van der Waals surface area contributed by atoms with Crippen molar-refractivity contribution >= 4 is 23.8 Å². The smallest absolute Gasteiger partial charge is 0.335 e. The second kappa shape index (κ2) is 8.55. The lowest BCUT2D eigenvalue weighted by Gasteiger charge is -2.35. The SMILES string of the molecule is CC1(C)C2=C(CN1C(=O)N(N)Cc1ccc(Cl)cc1)NC(NC1CCOCC1)N=C2. The molecule has 2 amide bonds. The summed E-state index contributed by atoms with van der Waals surface area (Å²) in [6.07, 6.45) is 3.64. The quantitative estimate of drug-likeness (QED) is 0.385. The maximum Gasteiger partial charge on any atom is 0.335 e. The second-order valence-electron chi connectivity index (χ2n) is 8.45. The van der Waals surface area contributed by atoms with Gasteiger partial charge in [0.05, 0.1) is 18.6 Å². The summed E-state index contributed by atoms with van der Waals surface area (Å²) < 4.78 is 5.42. The summed E-state index contributed by atoms with van der Waals surface area (Å²) in [6.45, 7) is 6.36. The lowest BCUT2D eigenvalue weighted by molar-refractivity contribution is 0.0741. The van der Waals surface area contributed by atoms with Crippen LogP contribution in [0.3, 0.4) is 0 Å². The Morgan fingerprint density at radius 3 is 2.77 bits per heavy atom. The Morgan fingerprint density at radius 1 is 1.37 bits per heavy atom. The first kappa shape index (κ1) is 21.1. The van der Waals surface area contributed by atoms with Crippen LogP contribution in [0.4, 0.5) is 4.79 Å².